The highest BCUT2D eigenvalue weighted by Gasteiger charge is 2.11. The smallest absolute Gasteiger partial charge is 0.255 e. The van der Waals surface area contributed by atoms with E-state index in [1.807, 2.05) is 0 Å². The number of benzene rings is 2. The number of hydrogen-bond acceptors (Lipinski definition) is 4. The van der Waals surface area contributed by atoms with E-state index in [0.29, 0.717) is 22.5 Å². The Labute approximate surface area is 153 Å². The van der Waals surface area contributed by atoms with Gasteiger partial charge in [-0.25, -0.2) is 8.42 Å². The Morgan fingerprint density at radius 2 is 1.58 bits per heavy atom. The predicted molar refractivity (Wildman–Crippen MR) is 103 cm³/mol. The number of nitrogens with one attached hydrogen (secondary N) is 2. The molecule has 0 aliphatic heterocycles. The third-order valence-electron chi connectivity index (χ3n) is 3.53. The lowest BCUT2D eigenvalue weighted by Crippen LogP contribution is -2.18. The molecular formula is C19H22N2O4S. The van der Waals surface area contributed by atoms with E-state index in [9.17, 15) is 18.0 Å². The molecule has 0 spiro atoms. The van der Waals surface area contributed by atoms with Gasteiger partial charge in [-0.2, -0.15) is 0 Å². The molecule has 0 bridgehead atoms. The molecule has 138 valence electrons. The van der Waals surface area contributed by atoms with Crippen molar-refractivity contribution in [2.45, 2.75) is 19.6 Å². The number of carbonyl (C=O) groups excluding carboxylic acids is 2. The van der Waals surface area contributed by atoms with Gasteiger partial charge in [0.05, 0.1) is 5.75 Å². The van der Waals surface area contributed by atoms with Gasteiger partial charge in [0.1, 0.15) is 0 Å². The van der Waals surface area contributed by atoms with Crippen molar-refractivity contribution < 1.29 is 18.0 Å². The van der Waals surface area contributed by atoms with Crippen molar-refractivity contribution in [1.82, 2.24) is 0 Å². The van der Waals surface area contributed by atoms with Crippen LogP contribution in [-0.4, -0.2) is 26.5 Å². The van der Waals surface area contributed by atoms with Crippen molar-refractivity contribution in [3.8, 4) is 0 Å². The zero-order chi connectivity index (χ0) is 19.3. The van der Waals surface area contributed by atoms with Gasteiger partial charge < -0.3 is 10.6 Å². The SMILES string of the molecule is CC(C)C(=O)Nc1cccc(NC(=O)c2cccc(CS(C)(=O)=O)c2)c1. The molecule has 2 aromatic carbocycles. The van der Waals surface area contributed by atoms with Crippen LogP contribution in [0.25, 0.3) is 0 Å². The van der Waals surface area contributed by atoms with Gasteiger partial charge in [-0.15, -0.1) is 0 Å². The van der Waals surface area contributed by atoms with Crippen molar-refractivity contribution in [2.75, 3.05) is 16.9 Å². The first kappa shape index (κ1) is 19.7. The summed E-state index contributed by atoms with van der Waals surface area (Å²) >= 11 is 0. The van der Waals surface area contributed by atoms with Gasteiger partial charge in [0.15, 0.2) is 9.84 Å². The number of anilines is 2. The van der Waals surface area contributed by atoms with Crippen molar-refractivity contribution in [3.63, 3.8) is 0 Å². The number of carbonyl (C=O) groups is 2. The summed E-state index contributed by atoms with van der Waals surface area (Å²) in [7, 11) is -3.17. The minimum absolute atomic E-state index is 0.109. The van der Waals surface area contributed by atoms with E-state index < -0.39 is 9.84 Å². The second-order valence-corrected chi connectivity index (χ2v) is 8.59. The minimum atomic E-state index is -3.17. The monoisotopic (exact) mass is 374 g/mol. The first-order valence-corrected chi connectivity index (χ1v) is 10.2. The quantitative estimate of drug-likeness (QED) is 0.813. The highest BCUT2D eigenvalue weighted by atomic mass is 32.2. The fraction of sp³-hybridized carbons (Fsp3) is 0.263. The van der Waals surface area contributed by atoms with Crippen molar-refractivity contribution in [2.24, 2.45) is 5.92 Å². The van der Waals surface area contributed by atoms with Crippen LogP contribution in [0.3, 0.4) is 0 Å². The van der Waals surface area contributed by atoms with E-state index in [0.717, 1.165) is 6.26 Å². The summed E-state index contributed by atoms with van der Waals surface area (Å²) in [6.45, 7) is 3.59. The van der Waals surface area contributed by atoms with Crippen LogP contribution in [0.2, 0.25) is 0 Å². The molecule has 0 aliphatic carbocycles. The van der Waals surface area contributed by atoms with E-state index in [2.05, 4.69) is 10.6 Å². The summed E-state index contributed by atoms with van der Waals surface area (Å²) in [5.74, 6) is -0.731. The summed E-state index contributed by atoms with van der Waals surface area (Å²) in [4.78, 5) is 24.2. The molecule has 0 heterocycles. The Hall–Kier alpha value is -2.67. The molecule has 2 N–H and O–H groups in total. The average molecular weight is 374 g/mol. The molecule has 0 unspecified atom stereocenters. The molecule has 0 saturated heterocycles. The lowest BCUT2D eigenvalue weighted by atomic mass is 10.1. The lowest BCUT2D eigenvalue weighted by Gasteiger charge is -2.10. The molecule has 26 heavy (non-hydrogen) atoms. The van der Waals surface area contributed by atoms with Crippen molar-refractivity contribution >= 4 is 33.0 Å². The molecule has 0 fully saturated rings. The van der Waals surface area contributed by atoms with Crippen molar-refractivity contribution in [1.29, 1.82) is 0 Å². The second kappa shape index (κ2) is 8.14. The van der Waals surface area contributed by atoms with E-state index in [1.54, 1.807) is 62.4 Å². The Morgan fingerprint density at radius 1 is 0.962 bits per heavy atom. The van der Waals surface area contributed by atoms with E-state index in [1.165, 1.54) is 0 Å². The summed E-state index contributed by atoms with van der Waals surface area (Å²) < 4.78 is 22.8. The zero-order valence-corrected chi connectivity index (χ0v) is 15.8. The maximum Gasteiger partial charge on any atom is 0.255 e. The van der Waals surface area contributed by atoms with Crippen LogP contribution in [0.5, 0.6) is 0 Å². The lowest BCUT2D eigenvalue weighted by molar-refractivity contribution is -0.118. The Balaban J connectivity index is 2.13. The van der Waals surface area contributed by atoms with Crippen molar-refractivity contribution in [3.05, 3.63) is 59.7 Å². The molecule has 2 rings (SSSR count). The average Bonchev–Trinajstić information content (AvgIpc) is 2.53. The molecule has 2 amide bonds. The van der Waals surface area contributed by atoms with E-state index in [-0.39, 0.29) is 23.5 Å². The van der Waals surface area contributed by atoms with E-state index in [4.69, 9.17) is 0 Å². The van der Waals surface area contributed by atoms with Crippen LogP contribution in [0, 0.1) is 5.92 Å². The molecular weight excluding hydrogens is 352 g/mol. The molecule has 2 aromatic rings. The summed E-state index contributed by atoms with van der Waals surface area (Å²) in [6, 6.07) is 13.3. The fourth-order valence-electron chi connectivity index (χ4n) is 2.27. The largest absolute Gasteiger partial charge is 0.326 e. The van der Waals surface area contributed by atoms with Gasteiger partial charge in [0.2, 0.25) is 5.91 Å². The van der Waals surface area contributed by atoms with Crippen LogP contribution < -0.4 is 10.6 Å². The Kier molecular flexibility index (Phi) is 6.15. The molecule has 0 aliphatic rings. The van der Waals surface area contributed by atoms with Crippen LogP contribution in [0.15, 0.2) is 48.5 Å². The van der Waals surface area contributed by atoms with Crippen LogP contribution in [0.4, 0.5) is 11.4 Å². The van der Waals surface area contributed by atoms with Gasteiger partial charge in [0.25, 0.3) is 5.91 Å². The topological polar surface area (TPSA) is 92.3 Å². The number of hydrogen-bond donors (Lipinski definition) is 2. The summed E-state index contributed by atoms with van der Waals surface area (Å²) in [5.41, 5.74) is 2.04. The summed E-state index contributed by atoms with van der Waals surface area (Å²) in [5, 5.41) is 5.52. The van der Waals surface area contributed by atoms with Gasteiger partial charge in [-0.1, -0.05) is 32.0 Å². The molecule has 7 heteroatoms. The second-order valence-electron chi connectivity index (χ2n) is 6.45. The Morgan fingerprint density at radius 3 is 2.19 bits per heavy atom. The standard InChI is InChI=1S/C19H22N2O4S/c1-13(2)18(22)20-16-8-5-9-17(11-16)21-19(23)15-7-4-6-14(10-15)12-26(3,24)25/h4-11,13H,12H2,1-3H3,(H,20,22)(H,21,23). The molecule has 0 atom stereocenters. The van der Waals surface area contributed by atoms with Gasteiger partial charge in [-0.3, -0.25) is 9.59 Å². The number of sulfone groups is 1. The van der Waals surface area contributed by atoms with Crippen LogP contribution in [0.1, 0.15) is 29.8 Å². The highest BCUT2D eigenvalue weighted by molar-refractivity contribution is 7.89. The predicted octanol–water partition coefficient (Wildman–Crippen LogP) is 3.08. The van der Waals surface area contributed by atoms with Gasteiger partial charge in [-0.05, 0) is 35.9 Å². The van der Waals surface area contributed by atoms with Gasteiger partial charge in [0, 0.05) is 29.1 Å². The molecule has 0 saturated carbocycles. The molecule has 0 radical (unpaired) electrons. The molecule has 0 aromatic heterocycles. The normalized spacial score (nSPS) is 11.2. The third-order valence-corrected chi connectivity index (χ3v) is 4.39. The minimum Gasteiger partial charge on any atom is -0.326 e. The summed E-state index contributed by atoms with van der Waals surface area (Å²) in [6.07, 6.45) is 1.15. The maximum absolute atomic E-state index is 12.4. The van der Waals surface area contributed by atoms with Crippen LogP contribution in [-0.2, 0) is 20.4 Å². The number of rotatable bonds is 6. The first-order chi connectivity index (χ1) is 12.1. The number of amides is 2. The first-order valence-electron chi connectivity index (χ1n) is 8.13. The van der Waals surface area contributed by atoms with Crippen LogP contribution >= 0.6 is 0 Å². The highest BCUT2D eigenvalue weighted by Crippen LogP contribution is 2.17. The fourth-order valence-corrected chi connectivity index (χ4v) is 3.05. The molecule has 6 nitrogen and oxygen atoms in total. The maximum atomic E-state index is 12.4. The van der Waals surface area contributed by atoms with Gasteiger partial charge >= 0.3 is 0 Å². The zero-order valence-electron chi connectivity index (χ0n) is 14.9. The third kappa shape index (κ3) is 6.00. The van der Waals surface area contributed by atoms with E-state index >= 15 is 0 Å². The Bertz CT molecular complexity index is 921.